The molecule has 2 rings (SSSR count). The summed E-state index contributed by atoms with van der Waals surface area (Å²) in [6, 6.07) is 4.77. The molecule has 108 valence electrons. The van der Waals surface area contributed by atoms with Crippen LogP contribution in [-0.2, 0) is 16.0 Å². The zero-order valence-corrected chi connectivity index (χ0v) is 12.6. The van der Waals surface area contributed by atoms with Crippen LogP contribution in [0.4, 0.5) is 4.79 Å². The smallest absolute Gasteiger partial charge is 0.411 e. The highest BCUT2D eigenvalue weighted by atomic mass is 35.5. The van der Waals surface area contributed by atoms with Crippen LogP contribution in [0.2, 0.25) is 5.02 Å². The quantitative estimate of drug-likeness (QED) is 0.746. The lowest BCUT2D eigenvalue weighted by Gasteiger charge is -2.35. The van der Waals surface area contributed by atoms with E-state index < -0.39 is 17.7 Å². The van der Waals surface area contributed by atoms with Gasteiger partial charge >= 0.3 is 6.09 Å². The summed E-state index contributed by atoms with van der Waals surface area (Å²) in [5, 5.41) is 0.638. The van der Waals surface area contributed by atoms with Gasteiger partial charge in [0.15, 0.2) is 0 Å². The number of aldehydes is 1. The summed E-state index contributed by atoms with van der Waals surface area (Å²) >= 11 is 5.96. The zero-order valence-electron chi connectivity index (χ0n) is 11.9. The Hall–Kier alpha value is -1.55. The van der Waals surface area contributed by atoms with Crippen molar-refractivity contribution >= 4 is 24.0 Å². The maximum absolute atomic E-state index is 12.2. The van der Waals surface area contributed by atoms with E-state index in [1.807, 2.05) is 6.07 Å². The van der Waals surface area contributed by atoms with E-state index in [9.17, 15) is 9.59 Å². The molecule has 0 N–H and O–H groups in total. The summed E-state index contributed by atoms with van der Waals surface area (Å²) in [6.07, 6.45) is 0.977. The van der Waals surface area contributed by atoms with Crippen LogP contribution in [0.25, 0.3) is 0 Å². The summed E-state index contributed by atoms with van der Waals surface area (Å²) in [4.78, 5) is 25.1. The van der Waals surface area contributed by atoms with Crippen molar-refractivity contribution in [1.29, 1.82) is 0 Å². The van der Waals surface area contributed by atoms with Crippen LogP contribution in [0.5, 0.6) is 0 Å². The number of nitrogens with zero attached hydrogens (tertiary/aromatic N) is 1. The van der Waals surface area contributed by atoms with Gasteiger partial charge in [0.05, 0.1) is 0 Å². The average molecular weight is 296 g/mol. The number of rotatable bonds is 1. The molecule has 0 aromatic heterocycles. The van der Waals surface area contributed by atoms with Gasteiger partial charge in [0.2, 0.25) is 0 Å². The third-order valence-corrected chi connectivity index (χ3v) is 3.37. The Kier molecular flexibility index (Phi) is 4.04. The van der Waals surface area contributed by atoms with Gasteiger partial charge < -0.3 is 9.53 Å². The number of hydrogen-bond acceptors (Lipinski definition) is 3. The number of hydrogen-bond donors (Lipinski definition) is 0. The third kappa shape index (κ3) is 3.12. The molecule has 1 atom stereocenters. The SMILES string of the molecule is CC(C)(C)OC(=O)N1CCc2cc(Cl)ccc2C1C=O. The summed E-state index contributed by atoms with van der Waals surface area (Å²) in [5.74, 6) is 0. The Morgan fingerprint density at radius 3 is 2.75 bits per heavy atom. The maximum Gasteiger partial charge on any atom is 0.411 e. The Morgan fingerprint density at radius 2 is 2.15 bits per heavy atom. The van der Waals surface area contributed by atoms with Crippen molar-refractivity contribution in [2.45, 2.75) is 38.8 Å². The summed E-state index contributed by atoms with van der Waals surface area (Å²) in [7, 11) is 0. The van der Waals surface area contributed by atoms with E-state index in [4.69, 9.17) is 16.3 Å². The van der Waals surface area contributed by atoms with E-state index in [0.717, 1.165) is 17.4 Å². The van der Waals surface area contributed by atoms with E-state index in [0.29, 0.717) is 18.0 Å². The molecule has 20 heavy (non-hydrogen) atoms. The molecule has 0 fully saturated rings. The fraction of sp³-hybridized carbons (Fsp3) is 0.467. The highest BCUT2D eigenvalue weighted by Crippen LogP contribution is 2.31. The second kappa shape index (κ2) is 5.44. The van der Waals surface area contributed by atoms with Crippen molar-refractivity contribution in [2.75, 3.05) is 6.54 Å². The largest absolute Gasteiger partial charge is 0.444 e. The molecule has 0 aliphatic carbocycles. The summed E-state index contributed by atoms with van der Waals surface area (Å²) < 4.78 is 5.35. The van der Waals surface area contributed by atoms with Gasteiger partial charge in [-0.2, -0.15) is 0 Å². The Labute approximate surface area is 123 Å². The van der Waals surface area contributed by atoms with Crippen molar-refractivity contribution in [2.24, 2.45) is 0 Å². The monoisotopic (exact) mass is 295 g/mol. The molecule has 1 amide bonds. The number of amides is 1. The number of carbonyl (C=O) groups is 2. The van der Waals surface area contributed by atoms with Gasteiger partial charge in [-0.3, -0.25) is 4.90 Å². The van der Waals surface area contributed by atoms with E-state index in [1.54, 1.807) is 32.9 Å². The molecule has 0 spiro atoms. The normalized spacial score (nSPS) is 18.4. The van der Waals surface area contributed by atoms with Crippen LogP contribution in [0.3, 0.4) is 0 Å². The number of ether oxygens (including phenoxy) is 1. The van der Waals surface area contributed by atoms with Crippen molar-refractivity contribution in [1.82, 2.24) is 4.90 Å². The number of halogens is 1. The fourth-order valence-electron chi connectivity index (χ4n) is 2.30. The van der Waals surface area contributed by atoms with Gasteiger partial charge in [0, 0.05) is 11.6 Å². The molecular weight excluding hydrogens is 278 g/mol. The van der Waals surface area contributed by atoms with Gasteiger partial charge in [0.1, 0.15) is 17.9 Å². The molecule has 0 radical (unpaired) electrons. The summed E-state index contributed by atoms with van der Waals surface area (Å²) in [5.41, 5.74) is 1.25. The first kappa shape index (κ1) is 14.9. The van der Waals surface area contributed by atoms with Crippen LogP contribution < -0.4 is 0 Å². The van der Waals surface area contributed by atoms with Gasteiger partial charge in [-0.15, -0.1) is 0 Å². The van der Waals surface area contributed by atoms with Crippen molar-refractivity contribution in [3.05, 3.63) is 34.3 Å². The molecule has 0 saturated heterocycles. The lowest BCUT2D eigenvalue weighted by molar-refractivity contribution is -0.113. The molecule has 0 saturated carbocycles. The van der Waals surface area contributed by atoms with E-state index in [1.165, 1.54) is 4.90 Å². The van der Waals surface area contributed by atoms with E-state index in [-0.39, 0.29) is 0 Å². The van der Waals surface area contributed by atoms with Crippen molar-refractivity contribution in [3.8, 4) is 0 Å². The van der Waals surface area contributed by atoms with Crippen LogP contribution in [0, 0.1) is 0 Å². The summed E-state index contributed by atoms with van der Waals surface area (Å²) in [6.45, 7) is 5.86. The second-order valence-electron chi connectivity index (χ2n) is 5.85. The fourth-order valence-corrected chi connectivity index (χ4v) is 2.49. The average Bonchev–Trinajstić information content (AvgIpc) is 2.34. The van der Waals surface area contributed by atoms with Crippen LogP contribution >= 0.6 is 11.6 Å². The van der Waals surface area contributed by atoms with E-state index in [2.05, 4.69) is 0 Å². The van der Waals surface area contributed by atoms with Gasteiger partial charge in [-0.1, -0.05) is 17.7 Å². The Balaban J connectivity index is 2.28. The minimum atomic E-state index is -0.606. The van der Waals surface area contributed by atoms with Gasteiger partial charge in [-0.25, -0.2) is 4.79 Å². The van der Waals surface area contributed by atoms with Crippen LogP contribution in [0.15, 0.2) is 18.2 Å². The number of fused-ring (bicyclic) bond motifs is 1. The number of benzene rings is 1. The Bertz CT molecular complexity index is 536. The minimum Gasteiger partial charge on any atom is -0.444 e. The Morgan fingerprint density at radius 1 is 1.45 bits per heavy atom. The van der Waals surface area contributed by atoms with Crippen LogP contribution in [0.1, 0.15) is 37.9 Å². The predicted molar refractivity (Wildman–Crippen MR) is 76.9 cm³/mol. The predicted octanol–water partition coefficient (Wildman–Crippen LogP) is 3.37. The lowest BCUT2D eigenvalue weighted by Crippen LogP contribution is -2.43. The molecule has 4 nitrogen and oxygen atoms in total. The standard InChI is InChI=1S/C15H18ClNO3/c1-15(2,3)20-14(19)17-7-6-10-8-11(16)4-5-12(10)13(17)9-18/h4-5,8-9,13H,6-7H2,1-3H3. The molecule has 1 heterocycles. The lowest BCUT2D eigenvalue weighted by atomic mass is 9.93. The van der Waals surface area contributed by atoms with Gasteiger partial charge in [-0.05, 0) is 50.5 Å². The first-order chi connectivity index (χ1) is 9.31. The molecule has 0 bridgehead atoms. The third-order valence-electron chi connectivity index (χ3n) is 3.14. The van der Waals surface area contributed by atoms with E-state index >= 15 is 0 Å². The van der Waals surface area contributed by atoms with Crippen molar-refractivity contribution < 1.29 is 14.3 Å². The zero-order chi connectivity index (χ0) is 14.9. The molecule has 1 unspecified atom stereocenters. The first-order valence-corrected chi connectivity index (χ1v) is 6.93. The van der Waals surface area contributed by atoms with Crippen LogP contribution in [-0.4, -0.2) is 29.4 Å². The minimum absolute atomic E-state index is 0.450. The second-order valence-corrected chi connectivity index (χ2v) is 6.28. The molecule has 1 aliphatic heterocycles. The molecular formula is C15H18ClNO3. The molecule has 1 aliphatic rings. The number of carbonyl (C=O) groups excluding carboxylic acids is 2. The van der Waals surface area contributed by atoms with Gasteiger partial charge in [0.25, 0.3) is 0 Å². The topological polar surface area (TPSA) is 46.6 Å². The molecule has 1 aromatic carbocycles. The molecule has 5 heteroatoms. The van der Waals surface area contributed by atoms with Crippen molar-refractivity contribution in [3.63, 3.8) is 0 Å². The first-order valence-electron chi connectivity index (χ1n) is 6.55. The highest BCUT2D eigenvalue weighted by Gasteiger charge is 2.33. The maximum atomic E-state index is 12.2. The highest BCUT2D eigenvalue weighted by molar-refractivity contribution is 6.30. The molecule has 1 aromatic rings.